The van der Waals surface area contributed by atoms with Crippen molar-refractivity contribution in [1.29, 1.82) is 0 Å². The van der Waals surface area contributed by atoms with Crippen LogP contribution in [-0.2, 0) is 11.3 Å². The Morgan fingerprint density at radius 1 is 1.29 bits per heavy atom. The van der Waals surface area contributed by atoms with Crippen molar-refractivity contribution >= 4 is 17.7 Å². The fourth-order valence-electron chi connectivity index (χ4n) is 2.31. The third-order valence-corrected chi connectivity index (χ3v) is 4.62. The summed E-state index contributed by atoms with van der Waals surface area (Å²) in [5.74, 6) is 0.849. The van der Waals surface area contributed by atoms with Crippen molar-refractivity contribution in [3.63, 3.8) is 0 Å². The monoisotopic (exact) mass is 352 g/mol. The molecule has 6 heteroatoms. The van der Waals surface area contributed by atoms with Crippen molar-refractivity contribution in [3.05, 3.63) is 29.3 Å². The largest absolute Gasteiger partial charge is 0.383 e. The van der Waals surface area contributed by atoms with E-state index < -0.39 is 0 Å². The van der Waals surface area contributed by atoms with Crippen molar-refractivity contribution in [1.82, 2.24) is 15.5 Å². The molecular formula is C18H32N4OS. The van der Waals surface area contributed by atoms with Crippen LogP contribution in [0.1, 0.15) is 17.5 Å². The maximum atomic E-state index is 5.09. The first kappa shape index (κ1) is 20.8. The van der Waals surface area contributed by atoms with Gasteiger partial charge < -0.3 is 20.3 Å². The number of aliphatic imine (C=N–C) groups is 1. The lowest BCUT2D eigenvalue weighted by Gasteiger charge is -2.17. The Kier molecular flexibility index (Phi) is 10.5. The Hall–Kier alpha value is -1.24. The molecule has 0 aliphatic heterocycles. The minimum absolute atomic E-state index is 0.779. The molecule has 0 saturated heterocycles. The molecule has 0 saturated carbocycles. The van der Waals surface area contributed by atoms with Gasteiger partial charge in [-0.2, -0.15) is 0 Å². The van der Waals surface area contributed by atoms with Gasteiger partial charge >= 0.3 is 0 Å². The molecular weight excluding hydrogens is 320 g/mol. The van der Waals surface area contributed by atoms with E-state index in [-0.39, 0.29) is 0 Å². The van der Waals surface area contributed by atoms with E-state index in [1.54, 1.807) is 18.9 Å². The number of nitrogens with zero attached hydrogens (tertiary/aromatic N) is 2. The molecule has 1 aromatic carbocycles. The highest BCUT2D eigenvalue weighted by Gasteiger charge is 2.04. The smallest absolute Gasteiger partial charge is 0.191 e. The topological polar surface area (TPSA) is 48.9 Å². The Labute approximate surface area is 151 Å². The van der Waals surface area contributed by atoms with E-state index in [9.17, 15) is 0 Å². The lowest BCUT2D eigenvalue weighted by Crippen LogP contribution is -2.38. The Morgan fingerprint density at radius 3 is 2.75 bits per heavy atom. The van der Waals surface area contributed by atoms with Crippen molar-refractivity contribution < 1.29 is 4.74 Å². The zero-order chi connectivity index (χ0) is 17.8. The normalized spacial score (nSPS) is 11.8. The number of hydrogen-bond donors (Lipinski definition) is 2. The number of thioether (sulfide) groups is 1. The van der Waals surface area contributed by atoms with Crippen LogP contribution in [0.5, 0.6) is 0 Å². The first-order valence-electron chi connectivity index (χ1n) is 8.36. The van der Waals surface area contributed by atoms with Crippen LogP contribution in [0.4, 0.5) is 0 Å². The summed E-state index contributed by atoms with van der Waals surface area (Å²) >= 11 is 1.78. The molecule has 0 fully saturated rings. The number of ether oxygens (including phenoxy) is 1. The van der Waals surface area contributed by atoms with Crippen LogP contribution in [0.25, 0.3) is 0 Å². The molecule has 136 valence electrons. The average Bonchev–Trinajstić information content (AvgIpc) is 2.60. The van der Waals surface area contributed by atoms with Gasteiger partial charge in [0.05, 0.1) is 6.61 Å². The minimum atomic E-state index is 0.779. The minimum Gasteiger partial charge on any atom is -0.383 e. The molecule has 1 rings (SSSR count). The van der Waals surface area contributed by atoms with Gasteiger partial charge in [0.1, 0.15) is 0 Å². The van der Waals surface area contributed by atoms with Crippen LogP contribution in [0, 0.1) is 6.92 Å². The van der Waals surface area contributed by atoms with Crippen LogP contribution in [-0.4, -0.2) is 64.6 Å². The second-order valence-corrected chi connectivity index (χ2v) is 6.67. The zero-order valence-corrected chi connectivity index (χ0v) is 16.5. The van der Waals surface area contributed by atoms with Gasteiger partial charge in [0.25, 0.3) is 0 Å². The molecule has 0 radical (unpaired) electrons. The van der Waals surface area contributed by atoms with Crippen LogP contribution >= 0.6 is 11.8 Å². The molecule has 0 bridgehead atoms. The number of benzene rings is 1. The van der Waals surface area contributed by atoms with Gasteiger partial charge in [-0.15, -0.1) is 11.8 Å². The van der Waals surface area contributed by atoms with Gasteiger partial charge in [-0.05, 0) is 50.4 Å². The number of hydrogen-bond acceptors (Lipinski definition) is 4. The van der Waals surface area contributed by atoms with E-state index >= 15 is 0 Å². The van der Waals surface area contributed by atoms with Crippen molar-refractivity contribution in [3.8, 4) is 0 Å². The molecule has 0 aliphatic carbocycles. The van der Waals surface area contributed by atoms with Gasteiger partial charge in [0, 0.05) is 38.7 Å². The Balaban J connectivity index is 2.33. The SMILES string of the molecule is CN=C(NCCCN(C)CCOC)NCc1ccc(C)cc1SC. The highest BCUT2D eigenvalue weighted by Crippen LogP contribution is 2.21. The number of likely N-dealkylation sites (N-methyl/N-ethyl adjacent to an activating group) is 1. The second kappa shape index (κ2) is 12.2. The van der Waals surface area contributed by atoms with Crippen LogP contribution in [0.15, 0.2) is 28.1 Å². The van der Waals surface area contributed by atoms with Crippen molar-refractivity contribution in [2.75, 3.05) is 53.7 Å². The summed E-state index contributed by atoms with van der Waals surface area (Å²) in [6.45, 7) is 6.60. The molecule has 24 heavy (non-hydrogen) atoms. The molecule has 1 aromatic rings. The van der Waals surface area contributed by atoms with Crippen molar-refractivity contribution in [2.24, 2.45) is 4.99 Å². The predicted molar refractivity (Wildman–Crippen MR) is 105 cm³/mol. The molecule has 0 amide bonds. The van der Waals surface area contributed by atoms with Gasteiger partial charge in [0.15, 0.2) is 5.96 Å². The molecule has 5 nitrogen and oxygen atoms in total. The van der Waals surface area contributed by atoms with Gasteiger partial charge in [0.2, 0.25) is 0 Å². The molecule has 0 atom stereocenters. The van der Waals surface area contributed by atoms with E-state index in [0.29, 0.717) is 0 Å². The van der Waals surface area contributed by atoms with Crippen LogP contribution in [0.2, 0.25) is 0 Å². The Morgan fingerprint density at radius 2 is 2.08 bits per heavy atom. The standard InChI is InChI=1S/C18H32N4OS/c1-15-7-8-16(17(13-15)24-5)14-21-18(19-2)20-9-6-10-22(3)11-12-23-4/h7-8,13H,6,9-12,14H2,1-5H3,(H2,19,20,21). The third-order valence-electron chi connectivity index (χ3n) is 3.80. The summed E-state index contributed by atoms with van der Waals surface area (Å²) in [6, 6.07) is 6.57. The molecule has 2 N–H and O–H groups in total. The molecule has 0 unspecified atom stereocenters. The summed E-state index contributed by atoms with van der Waals surface area (Å²) in [5.41, 5.74) is 2.60. The maximum absolute atomic E-state index is 5.09. The number of nitrogens with one attached hydrogen (secondary N) is 2. The quantitative estimate of drug-likeness (QED) is 0.293. The summed E-state index contributed by atoms with van der Waals surface area (Å²) in [5, 5.41) is 6.77. The van der Waals surface area contributed by atoms with Crippen LogP contribution in [0.3, 0.4) is 0 Å². The summed E-state index contributed by atoms with van der Waals surface area (Å²) in [7, 11) is 5.67. The molecule has 0 aliphatic rings. The van der Waals surface area contributed by atoms with E-state index in [1.807, 2.05) is 7.05 Å². The second-order valence-electron chi connectivity index (χ2n) is 5.82. The first-order valence-corrected chi connectivity index (χ1v) is 9.58. The lowest BCUT2D eigenvalue weighted by atomic mass is 10.1. The van der Waals surface area contributed by atoms with Gasteiger partial charge in [-0.3, -0.25) is 4.99 Å². The molecule has 0 aromatic heterocycles. The fraction of sp³-hybridized carbons (Fsp3) is 0.611. The molecule has 0 spiro atoms. The summed E-state index contributed by atoms with van der Waals surface area (Å²) in [4.78, 5) is 7.89. The highest BCUT2D eigenvalue weighted by molar-refractivity contribution is 7.98. The van der Waals surface area contributed by atoms with Gasteiger partial charge in [-0.25, -0.2) is 0 Å². The summed E-state index contributed by atoms with van der Waals surface area (Å²) < 4.78 is 5.09. The number of methoxy groups -OCH3 is 1. The van der Waals surface area contributed by atoms with Gasteiger partial charge in [-0.1, -0.05) is 12.1 Å². The first-order chi connectivity index (χ1) is 11.6. The zero-order valence-electron chi connectivity index (χ0n) is 15.7. The molecule has 0 heterocycles. The Bertz CT molecular complexity index is 508. The number of guanidine groups is 1. The maximum Gasteiger partial charge on any atom is 0.191 e. The van der Waals surface area contributed by atoms with Crippen molar-refractivity contribution in [2.45, 2.75) is 24.8 Å². The van der Waals surface area contributed by atoms with E-state index in [0.717, 1.165) is 45.2 Å². The lowest BCUT2D eigenvalue weighted by molar-refractivity contribution is 0.161. The van der Waals surface area contributed by atoms with E-state index in [4.69, 9.17) is 4.74 Å². The number of aryl methyl sites for hydroxylation is 1. The number of rotatable bonds is 10. The highest BCUT2D eigenvalue weighted by atomic mass is 32.2. The summed E-state index contributed by atoms with van der Waals surface area (Å²) in [6.07, 6.45) is 3.19. The van der Waals surface area contributed by atoms with E-state index in [1.165, 1.54) is 16.0 Å². The third kappa shape index (κ3) is 8.04. The average molecular weight is 353 g/mol. The fourth-order valence-corrected chi connectivity index (χ4v) is 3.02. The van der Waals surface area contributed by atoms with Crippen LogP contribution < -0.4 is 10.6 Å². The van der Waals surface area contributed by atoms with E-state index in [2.05, 4.69) is 59.0 Å². The predicted octanol–water partition coefficient (Wildman–Crippen LogP) is 2.35.